The molecule has 4 amide bonds. The van der Waals surface area contributed by atoms with Crippen LogP contribution in [0.4, 0.5) is 9.59 Å². The molecule has 4 rings (SSSR count). The number of aliphatic hydroxyl groups is 1. The summed E-state index contributed by atoms with van der Waals surface area (Å²) in [7, 11) is 1.64. The number of benzene rings is 2. The van der Waals surface area contributed by atoms with Crippen molar-refractivity contribution in [3.8, 4) is 0 Å². The summed E-state index contributed by atoms with van der Waals surface area (Å²) in [6, 6.07) is 17.4. The van der Waals surface area contributed by atoms with E-state index in [2.05, 4.69) is 39.8 Å². The van der Waals surface area contributed by atoms with Gasteiger partial charge in [0.05, 0.1) is 28.5 Å². The second-order valence-corrected chi connectivity index (χ2v) is 14.0. The molecule has 256 valence electrons. The quantitative estimate of drug-likeness (QED) is 0.118. The van der Waals surface area contributed by atoms with Gasteiger partial charge in [0.1, 0.15) is 12.6 Å². The normalized spacial score (nSPS) is 12.9. The van der Waals surface area contributed by atoms with E-state index in [1.807, 2.05) is 60.7 Å². The van der Waals surface area contributed by atoms with E-state index in [1.54, 1.807) is 36.3 Å². The van der Waals surface area contributed by atoms with Crippen molar-refractivity contribution in [1.29, 1.82) is 0 Å². The summed E-state index contributed by atoms with van der Waals surface area (Å²) in [6.45, 7) is 4.02. The Bertz CT molecular complexity index is 1550. The number of carbonyl (C=O) groups excluding carboxylic acids is 3. The molecule has 13 heteroatoms. The summed E-state index contributed by atoms with van der Waals surface area (Å²) in [6.07, 6.45) is 5.05. The number of ether oxygens (including phenoxy) is 1. The number of nitrogens with one attached hydrogen (secondary N) is 3. The molecule has 3 atom stereocenters. The lowest BCUT2D eigenvalue weighted by atomic mass is 9.96. The van der Waals surface area contributed by atoms with Crippen LogP contribution in [-0.2, 0) is 35.5 Å². The van der Waals surface area contributed by atoms with Gasteiger partial charge in [0.25, 0.3) is 0 Å². The van der Waals surface area contributed by atoms with Crippen LogP contribution in [0.3, 0.4) is 0 Å². The molecule has 4 aromatic rings. The first kappa shape index (κ1) is 36.5. The van der Waals surface area contributed by atoms with Gasteiger partial charge >= 0.3 is 12.1 Å². The Balaban J connectivity index is 1.40. The molecule has 48 heavy (non-hydrogen) atoms. The summed E-state index contributed by atoms with van der Waals surface area (Å²) in [5.41, 5.74) is 3.76. The van der Waals surface area contributed by atoms with E-state index in [1.165, 1.54) is 16.2 Å². The second-order valence-electron chi connectivity index (χ2n) is 11.9. The summed E-state index contributed by atoms with van der Waals surface area (Å²) in [4.78, 5) is 50.9. The fourth-order valence-electron chi connectivity index (χ4n) is 5.03. The number of nitrogens with zero attached hydrogens (tertiary/aromatic N) is 3. The predicted molar refractivity (Wildman–Crippen MR) is 188 cm³/mol. The molecule has 2 heterocycles. The van der Waals surface area contributed by atoms with Crippen molar-refractivity contribution in [2.45, 2.75) is 76.7 Å². The number of hydrogen-bond donors (Lipinski definition) is 4. The molecule has 11 nitrogen and oxygen atoms in total. The Morgan fingerprint density at radius 2 is 1.50 bits per heavy atom. The summed E-state index contributed by atoms with van der Waals surface area (Å²) in [5.74, 6) is -0.196. The highest BCUT2D eigenvalue weighted by Gasteiger charge is 2.26. The fraction of sp³-hybridized carbons (Fsp3) is 0.400. The van der Waals surface area contributed by atoms with Crippen LogP contribution in [0.15, 0.2) is 78.6 Å². The number of urea groups is 1. The van der Waals surface area contributed by atoms with Crippen LogP contribution >= 0.6 is 22.7 Å². The Labute approximate surface area is 289 Å². The van der Waals surface area contributed by atoms with E-state index in [4.69, 9.17) is 4.74 Å². The van der Waals surface area contributed by atoms with Gasteiger partial charge in [0.15, 0.2) is 0 Å². The van der Waals surface area contributed by atoms with E-state index in [0.717, 1.165) is 25.9 Å². The first-order valence-corrected chi connectivity index (χ1v) is 17.7. The molecule has 0 bridgehead atoms. The highest BCUT2D eigenvalue weighted by atomic mass is 32.1. The van der Waals surface area contributed by atoms with Crippen LogP contribution in [0.2, 0.25) is 0 Å². The summed E-state index contributed by atoms with van der Waals surface area (Å²) >= 11 is 2.96. The van der Waals surface area contributed by atoms with Crippen molar-refractivity contribution < 1.29 is 24.2 Å². The third-order valence-electron chi connectivity index (χ3n) is 7.61. The van der Waals surface area contributed by atoms with Gasteiger partial charge in [-0.3, -0.25) is 9.78 Å². The summed E-state index contributed by atoms with van der Waals surface area (Å²) in [5, 5.41) is 19.8. The van der Waals surface area contributed by atoms with Crippen molar-refractivity contribution in [3.05, 3.63) is 104 Å². The van der Waals surface area contributed by atoms with Crippen molar-refractivity contribution in [2.24, 2.45) is 0 Å². The lowest BCUT2D eigenvalue weighted by Gasteiger charge is -2.26. The number of amides is 4. The maximum atomic E-state index is 13.5. The van der Waals surface area contributed by atoms with Crippen LogP contribution in [-0.4, -0.2) is 69.8 Å². The number of carbonyl (C=O) groups is 3. The van der Waals surface area contributed by atoms with Gasteiger partial charge in [-0.25, -0.2) is 14.6 Å². The molecule has 0 aliphatic rings. The monoisotopic (exact) mass is 692 g/mol. The lowest BCUT2D eigenvalue weighted by molar-refractivity contribution is -0.124. The molecule has 0 aliphatic carbocycles. The molecule has 0 unspecified atom stereocenters. The number of rotatable bonds is 17. The van der Waals surface area contributed by atoms with Crippen LogP contribution in [0.5, 0.6) is 0 Å². The van der Waals surface area contributed by atoms with E-state index in [-0.39, 0.29) is 18.7 Å². The van der Waals surface area contributed by atoms with Crippen LogP contribution in [0.1, 0.15) is 58.5 Å². The van der Waals surface area contributed by atoms with Gasteiger partial charge in [-0.2, -0.15) is 0 Å². The topological polar surface area (TPSA) is 146 Å². The Morgan fingerprint density at radius 3 is 2.04 bits per heavy atom. The Kier molecular flexibility index (Phi) is 14.3. The number of alkyl carbamates (subject to hydrolysis) is 1. The SMILES string of the molecule is CC(C)c1ncc(CN(C)C(=O)N[C@@H](CO)C(=O)N[C@H](CC[C@H](Cc2ccccc2)NC(=O)OCc2cncs2)Cc2ccccc2)s1. The largest absolute Gasteiger partial charge is 0.444 e. The average Bonchev–Trinajstić information content (AvgIpc) is 3.79. The Hall–Kier alpha value is -4.33. The van der Waals surface area contributed by atoms with Crippen molar-refractivity contribution in [1.82, 2.24) is 30.8 Å². The van der Waals surface area contributed by atoms with Crippen molar-refractivity contribution >= 4 is 40.7 Å². The minimum Gasteiger partial charge on any atom is -0.444 e. The number of aromatic nitrogens is 2. The molecule has 2 aromatic heterocycles. The third-order valence-corrected chi connectivity index (χ3v) is 9.65. The van der Waals surface area contributed by atoms with Crippen LogP contribution in [0, 0.1) is 0 Å². The summed E-state index contributed by atoms with van der Waals surface area (Å²) < 4.78 is 5.45. The van der Waals surface area contributed by atoms with E-state index < -0.39 is 30.7 Å². The van der Waals surface area contributed by atoms with E-state index in [0.29, 0.717) is 38.1 Å². The van der Waals surface area contributed by atoms with Crippen molar-refractivity contribution in [3.63, 3.8) is 0 Å². The number of hydrogen-bond acceptors (Lipinski definition) is 9. The fourth-order valence-corrected chi connectivity index (χ4v) is 6.51. The van der Waals surface area contributed by atoms with Crippen LogP contribution < -0.4 is 16.0 Å². The van der Waals surface area contributed by atoms with E-state index in [9.17, 15) is 19.5 Å². The smallest absolute Gasteiger partial charge is 0.407 e. The second kappa shape index (κ2) is 18.9. The Morgan fingerprint density at radius 1 is 0.875 bits per heavy atom. The first-order chi connectivity index (χ1) is 23.2. The zero-order valence-corrected chi connectivity index (χ0v) is 29.1. The molecule has 0 radical (unpaired) electrons. The minimum absolute atomic E-state index is 0.133. The minimum atomic E-state index is -1.15. The standard InChI is InChI=1S/C35H44N6O5S2/c1-24(2)33-37-19-29(48-33)20-41(3)34(44)40-31(21-42)32(43)38-27(16-25-10-6-4-7-11-25)14-15-28(17-26-12-8-5-9-13-26)39-35(45)46-22-30-18-36-23-47-30/h4-13,18-19,23-24,27-28,31,42H,14-17,20-22H2,1-3H3,(H,38,43)(H,39,45)(H,40,44)/t27-,28-,31+/m1/s1. The van der Waals surface area contributed by atoms with Gasteiger partial charge in [-0.15, -0.1) is 22.7 Å². The molecule has 2 aromatic carbocycles. The number of thiazole rings is 2. The van der Waals surface area contributed by atoms with Gasteiger partial charge < -0.3 is 30.7 Å². The molecule has 0 aliphatic heterocycles. The number of aliphatic hydroxyl groups excluding tert-OH is 1. The first-order valence-electron chi connectivity index (χ1n) is 16.0. The molecule has 0 saturated heterocycles. The maximum absolute atomic E-state index is 13.5. The molecule has 0 spiro atoms. The highest BCUT2D eigenvalue weighted by Crippen LogP contribution is 2.22. The predicted octanol–water partition coefficient (Wildman–Crippen LogP) is 5.27. The average molecular weight is 693 g/mol. The van der Waals surface area contributed by atoms with Gasteiger partial charge in [-0.1, -0.05) is 74.5 Å². The molecular formula is C35H44N6O5S2. The van der Waals surface area contributed by atoms with Crippen molar-refractivity contribution in [2.75, 3.05) is 13.7 Å². The van der Waals surface area contributed by atoms with Gasteiger partial charge in [-0.05, 0) is 36.8 Å². The zero-order chi connectivity index (χ0) is 34.3. The lowest BCUT2D eigenvalue weighted by Crippen LogP contribution is -2.54. The third kappa shape index (κ3) is 12.0. The zero-order valence-electron chi connectivity index (χ0n) is 27.5. The van der Waals surface area contributed by atoms with Crippen LogP contribution in [0.25, 0.3) is 0 Å². The maximum Gasteiger partial charge on any atom is 0.407 e. The van der Waals surface area contributed by atoms with Gasteiger partial charge in [0, 0.05) is 42.3 Å². The molecule has 0 saturated carbocycles. The highest BCUT2D eigenvalue weighted by molar-refractivity contribution is 7.11. The van der Waals surface area contributed by atoms with E-state index >= 15 is 0 Å². The molecule has 0 fully saturated rings. The molecular weight excluding hydrogens is 649 g/mol. The van der Waals surface area contributed by atoms with Gasteiger partial charge in [0.2, 0.25) is 5.91 Å². The molecule has 4 N–H and O–H groups in total.